The van der Waals surface area contributed by atoms with Gasteiger partial charge in [-0.05, 0) is 79.6 Å². The minimum absolute atomic E-state index is 0.0852. The van der Waals surface area contributed by atoms with Crippen LogP contribution in [0.2, 0.25) is 0 Å². The molecule has 2 aliphatic rings. The molecule has 1 atom stereocenters. The summed E-state index contributed by atoms with van der Waals surface area (Å²) >= 11 is 0. The van der Waals surface area contributed by atoms with Crippen LogP contribution in [0.4, 0.5) is 5.69 Å². The van der Waals surface area contributed by atoms with Gasteiger partial charge >= 0.3 is 0 Å². The molecule has 5 heteroatoms. The van der Waals surface area contributed by atoms with Crippen molar-refractivity contribution in [1.29, 1.82) is 0 Å². The maximum absolute atomic E-state index is 12.6. The molecule has 1 saturated heterocycles. The Labute approximate surface area is 159 Å². The molecule has 1 aliphatic heterocycles. The number of carbonyl (C=O) groups is 2. The molecular formula is C22H25N3O2. The number of fused-ring (bicyclic) bond motifs is 1. The highest BCUT2D eigenvalue weighted by atomic mass is 16.2. The molecule has 2 aromatic carbocycles. The summed E-state index contributed by atoms with van der Waals surface area (Å²) in [5.41, 5.74) is 10.7. The van der Waals surface area contributed by atoms with Crippen molar-refractivity contribution in [2.45, 2.75) is 44.7 Å². The fraction of sp³-hybridized carbons (Fsp3) is 0.364. The van der Waals surface area contributed by atoms with Crippen LogP contribution in [0, 0.1) is 0 Å². The lowest BCUT2D eigenvalue weighted by Crippen LogP contribution is -2.39. The molecule has 3 N–H and O–H groups in total. The third kappa shape index (κ3) is 3.88. The van der Waals surface area contributed by atoms with Crippen LogP contribution in [0.3, 0.4) is 0 Å². The summed E-state index contributed by atoms with van der Waals surface area (Å²) in [4.78, 5) is 26.3. The number of likely N-dealkylation sites (tertiary alicyclic amines) is 1. The lowest BCUT2D eigenvalue weighted by molar-refractivity contribution is -0.122. The van der Waals surface area contributed by atoms with Crippen molar-refractivity contribution < 1.29 is 9.59 Å². The van der Waals surface area contributed by atoms with Crippen LogP contribution >= 0.6 is 0 Å². The zero-order valence-electron chi connectivity index (χ0n) is 15.4. The number of nitrogens with one attached hydrogen (secondary N) is 1. The van der Waals surface area contributed by atoms with E-state index in [-0.39, 0.29) is 17.9 Å². The van der Waals surface area contributed by atoms with Crippen molar-refractivity contribution in [3.63, 3.8) is 0 Å². The highest BCUT2D eigenvalue weighted by Crippen LogP contribution is 2.24. The number of hydrogen-bond donors (Lipinski definition) is 2. The number of anilines is 1. The molecule has 5 nitrogen and oxygen atoms in total. The van der Waals surface area contributed by atoms with Gasteiger partial charge in [0.15, 0.2) is 0 Å². The average molecular weight is 363 g/mol. The third-order valence-corrected chi connectivity index (χ3v) is 5.62. The Bertz CT molecular complexity index is 878. The molecule has 140 valence electrons. The zero-order valence-corrected chi connectivity index (χ0v) is 15.4. The number of aryl methyl sites for hydroxylation is 2. The SMILES string of the molecule is NC(=O)[C@@H]1CCCN1Cc1cccc(NC(=O)c2ccc3c(c2)CCC3)c1. The van der Waals surface area contributed by atoms with Crippen molar-refractivity contribution in [3.05, 3.63) is 64.7 Å². The van der Waals surface area contributed by atoms with E-state index < -0.39 is 0 Å². The Morgan fingerprint density at radius 3 is 2.78 bits per heavy atom. The topological polar surface area (TPSA) is 75.4 Å². The van der Waals surface area contributed by atoms with Crippen LogP contribution < -0.4 is 11.1 Å². The van der Waals surface area contributed by atoms with Crippen molar-refractivity contribution >= 4 is 17.5 Å². The summed E-state index contributed by atoms with van der Waals surface area (Å²) in [5.74, 6) is -0.341. The molecule has 0 spiro atoms. The predicted octanol–water partition coefficient (Wildman–Crippen LogP) is 2.88. The molecule has 1 heterocycles. The van der Waals surface area contributed by atoms with E-state index in [4.69, 9.17) is 5.73 Å². The van der Waals surface area contributed by atoms with Gasteiger partial charge in [0, 0.05) is 17.8 Å². The van der Waals surface area contributed by atoms with Crippen LogP contribution in [0.25, 0.3) is 0 Å². The normalized spacial score (nSPS) is 19.0. The largest absolute Gasteiger partial charge is 0.368 e. The van der Waals surface area contributed by atoms with Crippen molar-refractivity contribution in [2.24, 2.45) is 5.73 Å². The van der Waals surface area contributed by atoms with Crippen molar-refractivity contribution in [2.75, 3.05) is 11.9 Å². The molecule has 27 heavy (non-hydrogen) atoms. The van der Waals surface area contributed by atoms with Gasteiger partial charge in [-0.1, -0.05) is 18.2 Å². The number of nitrogens with zero attached hydrogens (tertiary/aromatic N) is 1. The molecule has 1 aliphatic carbocycles. The number of primary amides is 1. The van der Waals surface area contributed by atoms with E-state index in [1.807, 2.05) is 36.4 Å². The standard InChI is InChI=1S/C22H25N3O2/c23-21(26)20-8-3-11-25(20)14-15-4-1-7-19(12-15)24-22(27)18-10-9-16-5-2-6-17(16)13-18/h1,4,7,9-10,12-13,20H,2-3,5-6,8,11,14H2,(H2,23,26)(H,24,27)/t20-/m0/s1. The van der Waals surface area contributed by atoms with E-state index in [0.717, 1.165) is 43.5 Å². The second-order valence-corrected chi connectivity index (χ2v) is 7.52. The van der Waals surface area contributed by atoms with Gasteiger partial charge in [-0.25, -0.2) is 0 Å². The Balaban J connectivity index is 1.45. The van der Waals surface area contributed by atoms with Crippen molar-refractivity contribution in [1.82, 2.24) is 4.90 Å². The predicted molar refractivity (Wildman–Crippen MR) is 105 cm³/mol. The maximum Gasteiger partial charge on any atom is 0.255 e. The molecule has 0 saturated carbocycles. The molecule has 2 amide bonds. The average Bonchev–Trinajstić information content (AvgIpc) is 3.30. The first-order valence-corrected chi connectivity index (χ1v) is 9.65. The maximum atomic E-state index is 12.6. The quantitative estimate of drug-likeness (QED) is 0.858. The highest BCUT2D eigenvalue weighted by Gasteiger charge is 2.28. The first-order chi connectivity index (χ1) is 13.1. The Morgan fingerprint density at radius 1 is 1.07 bits per heavy atom. The summed E-state index contributed by atoms with van der Waals surface area (Å²) in [6.07, 6.45) is 5.16. The first kappa shape index (κ1) is 17.7. The molecule has 0 unspecified atom stereocenters. The molecule has 4 rings (SSSR count). The highest BCUT2D eigenvalue weighted by molar-refractivity contribution is 6.04. The van der Waals surface area contributed by atoms with Gasteiger partial charge in [-0.15, -0.1) is 0 Å². The number of nitrogens with two attached hydrogens (primary N) is 1. The molecule has 2 aromatic rings. The van der Waals surface area contributed by atoms with E-state index in [9.17, 15) is 9.59 Å². The Morgan fingerprint density at radius 2 is 1.93 bits per heavy atom. The van der Waals surface area contributed by atoms with Crippen LogP contribution in [0.1, 0.15) is 46.3 Å². The third-order valence-electron chi connectivity index (χ3n) is 5.62. The monoisotopic (exact) mass is 363 g/mol. The molecule has 0 radical (unpaired) electrons. The van der Waals surface area contributed by atoms with Gasteiger partial charge in [0.1, 0.15) is 0 Å². The van der Waals surface area contributed by atoms with Crippen LogP contribution in [0.5, 0.6) is 0 Å². The van der Waals surface area contributed by atoms with Gasteiger partial charge in [-0.3, -0.25) is 14.5 Å². The minimum atomic E-state index is -0.256. The summed E-state index contributed by atoms with van der Waals surface area (Å²) in [7, 11) is 0. The van der Waals surface area contributed by atoms with Crippen LogP contribution in [0.15, 0.2) is 42.5 Å². The summed E-state index contributed by atoms with van der Waals surface area (Å²) in [6, 6.07) is 13.6. The fourth-order valence-corrected chi connectivity index (χ4v) is 4.24. The van der Waals surface area contributed by atoms with Gasteiger partial charge in [0.05, 0.1) is 6.04 Å². The fourth-order valence-electron chi connectivity index (χ4n) is 4.24. The summed E-state index contributed by atoms with van der Waals surface area (Å²) in [5, 5.41) is 3.00. The second-order valence-electron chi connectivity index (χ2n) is 7.52. The van der Waals surface area contributed by atoms with E-state index >= 15 is 0 Å². The van der Waals surface area contributed by atoms with E-state index in [0.29, 0.717) is 12.1 Å². The molecular weight excluding hydrogens is 338 g/mol. The number of carbonyl (C=O) groups excluding carboxylic acids is 2. The van der Waals surface area contributed by atoms with Gasteiger partial charge in [0.25, 0.3) is 5.91 Å². The summed E-state index contributed by atoms with van der Waals surface area (Å²) in [6.45, 7) is 1.54. The second kappa shape index (κ2) is 7.53. The van der Waals surface area contributed by atoms with Gasteiger partial charge in [0.2, 0.25) is 5.91 Å². The van der Waals surface area contributed by atoms with Crippen LogP contribution in [-0.4, -0.2) is 29.3 Å². The van der Waals surface area contributed by atoms with Gasteiger partial charge in [-0.2, -0.15) is 0 Å². The lowest BCUT2D eigenvalue weighted by Gasteiger charge is -2.22. The molecule has 0 bridgehead atoms. The van der Waals surface area contributed by atoms with E-state index in [1.165, 1.54) is 17.5 Å². The number of rotatable bonds is 5. The van der Waals surface area contributed by atoms with E-state index in [2.05, 4.69) is 16.3 Å². The zero-order chi connectivity index (χ0) is 18.8. The van der Waals surface area contributed by atoms with Crippen LogP contribution in [-0.2, 0) is 24.2 Å². The minimum Gasteiger partial charge on any atom is -0.368 e. The van der Waals surface area contributed by atoms with Gasteiger partial charge < -0.3 is 11.1 Å². The Hall–Kier alpha value is -2.66. The number of benzene rings is 2. The van der Waals surface area contributed by atoms with E-state index in [1.54, 1.807) is 0 Å². The first-order valence-electron chi connectivity index (χ1n) is 9.65. The number of amides is 2. The lowest BCUT2D eigenvalue weighted by atomic mass is 10.1. The molecule has 1 fully saturated rings. The smallest absolute Gasteiger partial charge is 0.255 e. The Kier molecular flexibility index (Phi) is 4.94. The number of hydrogen-bond acceptors (Lipinski definition) is 3. The molecule has 0 aromatic heterocycles. The summed E-state index contributed by atoms with van der Waals surface area (Å²) < 4.78 is 0. The van der Waals surface area contributed by atoms with Crippen molar-refractivity contribution in [3.8, 4) is 0 Å².